The SMILES string of the molecule is CO[C@@H]1CN[C@@H](C(=O)Nc2cnc(C3CC3)nc2)C1.Cl. The molecule has 2 aliphatic rings. The maximum atomic E-state index is 12.0. The predicted octanol–water partition coefficient (Wildman–Crippen LogP) is 1.09. The molecule has 1 saturated heterocycles. The fourth-order valence-electron chi connectivity index (χ4n) is 2.27. The Morgan fingerprint density at radius 2 is 2.10 bits per heavy atom. The van der Waals surface area contributed by atoms with Gasteiger partial charge in [-0.3, -0.25) is 4.79 Å². The number of nitrogens with one attached hydrogen (secondary N) is 2. The highest BCUT2D eigenvalue weighted by molar-refractivity contribution is 5.94. The molecule has 7 heteroatoms. The number of ether oxygens (including phenoxy) is 1. The third-order valence-corrected chi connectivity index (χ3v) is 3.62. The highest BCUT2D eigenvalue weighted by Gasteiger charge is 2.29. The number of rotatable bonds is 4. The molecule has 6 nitrogen and oxygen atoms in total. The van der Waals surface area contributed by atoms with Gasteiger partial charge in [0.25, 0.3) is 0 Å². The zero-order chi connectivity index (χ0) is 13.2. The van der Waals surface area contributed by atoms with Crippen LogP contribution in [0.4, 0.5) is 5.69 Å². The van der Waals surface area contributed by atoms with Crippen LogP contribution in [0.1, 0.15) is 31.0 Å². The number of methoxy groups -OCH3 is 1. The van der Waals surface area contributed by atoms with Gasteiger partial charge in [0, 0.05) is 19.6 Å². The molecule has 1 saturated carbocycles. The molecule has 0 bridgehead atoms. The Morgan fingerprint density at radius 1 is 1.40 bits per heavy atom. The molecular weight excluding hydrogens is 280 g/mol. The number of carbonyl (C=O) groups is 1. The first-order valence-electron chi connectivity index (χ1n) is 6.65. The minimum atomic E-state index is -0.201. The van der Waals surface area contributed by atoms with Gasteiger partial charge in [0.15, 0.2) is 0 Å². The van der Waals surface area contributed by atoms with Gasteiger partial charge in [0.1, 0.15) is 5.82 Å². The third kappa shape index (κ3) is 3.45. The molecule has 1 aliphatic heterocycles. The molecule has 0 aromatic carbocycles. The van der Waals surface area contributed by atoms with Crippen LogP contribution < -0.4 is 10.6 Å². The molecule has 2 atom stereocenters. The van der Waals surface area contributed by atoms with E-state index in [0.717, 1.165) is 5.82 Å². The minimum absolute atomic E-state index is 0. The van der Waals surface area contributed by atoms with Gasteiger partial charge in [-0.15, -0.1) is 12.4 Å². The van der Waals surface area contributed by atoms with Gasteiger partial charge in [-0.05, 0) is 19.3 Å². The van der Waals surface area contributed by atoms with E-state index in [4.69, 9.17) is 4.74 Å². The first-order chi connectivity index (χ1) is 9.26. The molecule has 0 spiro atoms. The molecule has 1 amide bonds. The number of amides is 1. The van der Waals surface area contributed by atoms with Crippen molar-refractivity contribution in [3.8, 4) is 0 Å². The van der Waals surface area contributed by atoms with E-state index in [-0.39, 0.29) is 30.5 Å². The summed E-state index contributed by atoms with van der Waals surface area (Å²) >= 11 is 0. The number of anilines is 1. The summed E-state index contributed by atoms with van der Waals surface area (Å²) in [6.07, 6.45) is 6.53. The van der Waals surface area contributed by atoms with E-state index >= 15 is 0 Å². The van der Waals surface area contributed by atoms with Crippen molar-refractivity contribution in [2.45, 2.75) is 37.3 Å². The van der Waals surface area contributed by atoms with E-state index in [1.54, 1.807) is 19.5 Å². The van der Waals surface area contributed by atoms with Crippen LogP contribution in [0.25, 0.3) is 0 Å². The summed E-state index contributed by atoms with van der Waals surface area (Å²) in [5, 5.41) is 5.97. The average molecular weight is 299 g/mol. The molecule has 1 aromatic rings. The van der Waals surface area contributed by atoms with E-state index in [1.807, 2.05) is 0 Å². The number of hydrogen-bond donors (Lipinski definition) is 2. The monoisotopic (exact) mass is 298 g/mol. The maximum Gasteiger partial charge on any atom is 0.241 e. The van der Waals surface area contributed by atoms with Crippen LogP contribution in [0.3, 0.4) is 0 Å². The summed E-state index contributed by atoms with van der Waals surface area (Å²) in [7, 11) is 1.66. The zero-order valence-electron chi connectivity index (χ0n) is 11.3. The average Bonchev–Trinajstić information content (AvgIpc) is 3.17. The van der Waals surface area contributed by atoms with Gasteiger partial charge in [0.2, 0.25) is 5.91 Å². The minimum Gasteiger partial charge on any atom is -0.380 e. The summed E-state index contributed by atoms with van der Waals surface area (Å²) in [5.74, 6) is 1.36. The second kappa shape index (κ2) is 6.47. The Bertz CT molecular complexity index is 464. The van der Waals surface area contributed by atoms with Gasteiger partial charge in [-0.2, -0.15) is 0 Å². The Hall–Kier alpha value is -1.24. The number of carbonyl (C=O) groups excluding carboxylic acids is 1. The molecule has 2 heterocycles. The van der Waals surface area contributed by atoms with Gasteiger partial charge >= 0.3 is 0 Å². The van der Waals surface area contributed by atoms with Crippen molar-refractivity contribution in [3.63, 3.8) is 0 Å². The molecule has 0 unspecified atom stereocenters. The number of nitrogens with zero attached hydrogens (tertiary/aromatic N) is 2. The molecule has 20 heavy (non-hydrogen) atoms. The number of hydrogen-bond acceptors (Lipinski definition) is 5. The molecule has 1 aromatic heterocycles. The molecule has 110 valence electrons. The molecule has 3 rings (SSSR count). The Balaban J connectivity index is 0.00000147. The van der Waals surface area contributed by atoms with Crippen molar-refractivity contribution in [3.05, 3.63) is 18.2 Å². The smallest absolute Gasteiger partial charge is 0.241 e. The van der Waals surface area contributed by atoms with Crippen LogP contribution in [0.5, 0.6) is 0 Å². The van der Waals surface area contributed by atoms with Gasteiger partial charge in [0.05, 0.1) is 30.2 Å². The third-order valence-electron chi connectivity index (χ3n) is 3.62. The van der Waals surface area contributed by atoms with Crippen molar-refractivity contribution in [1.82, 2.24) is 15.3 Å². The topological polar surface area (TPSA) is 76.1 Å². The van der Waals surface area contributed by atoms with E-state index in [2.05, 4.69) is 20.6 Å². The normalized spacial score (nSPS) is 25.1. The lowest BCUT2D eigenvalue weighted by molar-refractivity contribution is -0.118. The summed E-state index contributed by atoms with van der Waals surface area (Å²) < 4.78 is 5.22. The van der Waals surface area contributed by atoms with E-state index in [9.17, 15) is 4.79 Å². The molecule has 0 radical (unpaired) electrons. The van der Waals surface area contributed by atoms with Crippen molar-refractivity contribution >= 4 is 24.0 Å². The number of aromatic nitrogens is 2. The number of halogens is 1. The molecular formula is C13H19ClN4O2. The van der Waals surface area contributed by atoms with Crippen molar-refractivity contribution < 1.29 is 9.53 Å². The molecule has 1 aliphatic carbocycles. The van der Waals surface area contributed by atoms with Crippen LogP contribution in [-0.4, -0.2) is 41.7 Å². The molecule has 2 N–H and O–H groups in total. The van der Waals surface area contributed by atoms with Crippen LogP contribution >= 0.6 is 12.4 Å². The first-order valence-corrected chi connectivity index (χ1v) is 6.65. The van der Waals surface area contributed by atoms with E-state index in [0.29, 0.717) is 24.6 Å². The summed E-state index contributed by atoms with van der Waals surface area (Å²) in [6.45, 7) is 0.714. The van der Waals surface area contributed by atoms with Crippen LogP contribution in [-0.2, 0) is 9.53 Å². The summed E-state index contributed by atoms with van der Waals surface area (Å²) in [4.78, 5) is 20.6. The lowest BCUT2D eigenvalue weighted by Crippen LogP contribution is -2.35. The van der Waals surface area contributed by atoms with Crippen LogP contribution in [0.15, 0.2) is 12.4 Å². The quantitative estimate of drug-likeness (QED) is 0.870. The lowest BCUT2D eigenvalue weighted by atomic mass is 10.2. The lowest BCUT2D eigenvalue weighted by Gasteiger charge is -2.11. The zero-order valence-corrected chi connectivity index (χ0v) is 12.2. The van der Waals surface area contributed by atoms with E-state index < -0.39 is 0 Å². The molecule has 2 fully saturated rings. The summed E-state index contributed by atoms with van der Waals surface area (Å²) in [6, 6.07) is -0.201. The van der Waals surface area contributed by atoms with Gasteiger partial charge in [-0.1, -0.05) is 0 Å². The Labute approximate surface area is 124 Å². The highest BCUT2D eigenvalue weighted by atomic mass is 35.5. The first kappa shape index (κ1) is 15.2. The highest BCUT2D eigenvalue weighted by Crippen LogP contribution is 2.37. The van der Waals surface area contributed by atoms with Crippen LogP contribution in [0, 0.1) is 0 Å². The second-order valence-corrected chi connectivity index (χ2v) is 5.15. The standard InChI is InChI=1S/C13H18N4O2.ClH/c1-19-10-4-11(14-7-10)13(18)17-9-5-15-12(16-6-9)8-2-3-8;/h5-6,8,10-11,14H,2-4,7H2,1H3,(H,17,18);1H/t10-,11+;/m0./s1. The predicted molar refractivity (Wildman–Crippen MR) is 77.1 cm³/mol. The second-order valence-electron chi connectivity index (χ2n) is 5.15. The fourth-order valence-corrected chi connectivity index (χ4v) is 2.27. The fraction of sp³-hybridized carbons (Fsp3) is 0.615. The van der Waals surface area contributed by atoms with E-state index in [1.165, 1.54) is 12.8 Å². The van der Waals surface area contributed by atoms with Crippen molar-refractivity contribution in [2.24, 2.45) is 0 Å². The maximum absolute atomic E-state index is 12.0. The van der Waals surface area contributed by atoms with Crippen molar-refractivity contribution in [2.75, 3.05) is 19.0 Å². The van der Waals surface area contributed by atoms with Crippen LogP contribution in [0.2, 0.25) is 0 Å². The van der Waals surface area contributed by atoms with Gasteiger partial charge < -0.3 is 15.4 Å². The summed E-state index contributed by atoms with van der Waals surface area (Å²) in [5.41, 5.74) is 0.650. The Morgan fingerprint density at radius 3 is 2.65 bits per heavy atom. The largest absolute Gasteiger partial charge is 0.380 e. The van der Waals surface area contributed by atoms with Gasteiger partial charge in [-0.25, -0.2) is 9.97 Å². The van der Waals surface area contributed by atoms with Crippen molar-refractivity contribution in [1.29, 1.82) is 0 Å². The Kier molecular flexibility index (Phi) is 4.91.